The van der Waals surface area contributed by atoms with Gasteiger partial charge in [0.25, 0.3) is 5.91 Å². The molecular weight excluding hydrogens is 417 g/mol. The first-order chi connectivity index (χ1) is 13.5. The Labute approximate surface area is 178 Å². The molecule has 4 rings (SSSR count). The van der Waals surface area contributed by atoms with Crippen LogP contribution in [0.4, 0.5) is 9.52 Å². The lowest BCUT2D eigenvalue weighted by atomic mass is 10.2. The minimum Gasteiger partial charge on any atom is -0.454 e. The highest BCUT2D eigenvalue weighted by molar-refractivity contribution is 7.22. The van der Waals surface area contributed by atoms with Gasteiger partial charge in [-0.3, -0.25) is 9.69 Å². The van der Waals surface area contributed by atoms with Gasteiger partial charge in [0, 0.05) is 24.2 Å². The zero-order valence-corrected chi connectivity index (χ0v) is 17.7. The summed E-state index contributed by atoms with van der Waals surface area (Å²) in [6.07, 6.45) is 0.771. The van der Waals surface area contributed by atoms with Crippen LogP contribution >= 0.6 is 23.7 Å². The Morgan fingerprint density at radius 2 is 1.93 bits per heavy atom. The highest BCUT2D eigenvalue weighted by atomic mass is 35.5. The number of rotatable bonds is 6. The minimum absolute atomic E-state index is 0. The van der Waals surface area contributed by atoms with Gasteiger partial charge < -0.3 is 14.4 Å². The Bertz CT molecular complexity index is 986. The van der Waals surface area contributed by atoms with Gasteiger partial charge in [-0.25, -0.2) is 9.37 Å². The number of amides is 1. The first-order valence-electron chi connectivity index (χ1n) is 8.93. The van der Waals surface area contributed by atoms with Crippen molar-refractivity contribution in [2.75, 3.05) is 38.9 Å². The van der Waals surface area contributed by atoms with Crippen LogP contribution in [0.1, 0.15) is 16.8 Å². The molecule has 0 spiro atoms. The van der Waals surface area contributed by atoms with Crippen molar-refractivity contribution in [1.29, 1.82) is 0 Å². The zero-order valence-electron chi connectivity index (χ0n) is 16.1. The smallest absolute Gasteiger partial charge is 0.260 e. The lowest BCUT2D eigenvalue weighted by molar-refractivity contribution is 0.0985. The second-order valence-corrected chi connectivity index (χ2v) is 7.80. The fraction of sp³-hybridized carbons (Fsp3) is 0.300. The lowest BCUT2D eigenvalue weighted by Crippen LogP contribution is -2.33. The molecule has 1 amide bonds. The van der Waals surface area contributed by atoms with E-state index in [0.717, 1.165) is 23.2 Å². The number of hydrogen-bond acceptors (Lipinski definition) is 6. The van der Waals surface area contributed by atoms with E-state index in [4.69, 9.17) is 9.47 Å². The van der Waals surface area contributed by atoms with E-state index in [9.17, 15) is 9.18 Å². The van der Waals surface area contributed by atoms with Crippen molar-refractivity contribution in [3.63, 3.8) is 0 Å². The van der Waals surface area contributed by atoms with Crippen molar-refractivity contribution >= 4 is 45.0 Å². The van der Waals surface area contributed by atoms with Crippen LogP contribution in [0.2, 0.25) is 0 Å². The summed E-state index contributed by atoms with van der Waals surface area (Å²) in [5.74, 6) is 0.629. The summed E-state index contributed by atoms with van der Waals surface area (Å²) in [4.78, 5) is 21.4. The molecule has 0 radical (unpaired) electrons. The molecule has 0 fully saturated rings. The third-order valence-electron chi connectivity index (χ3n) is 4.41. The Hall–Kier alpha value is -2.42. The number of fused-ring (bicyclic) bond motifs is 2. The zero-order chi connectivity index (χ0) is 19.7. The summed E-state index contributed by atoms with van der Waals surface area (Å²) in [6, 6.07) is 9.44. The van der Waals surface area contributed by atoms with Gasteiger partial charge in [0.05, 0.1) is 10.2 Å². The molecule has 1 aromatic heterocycles. The fourth-order valence-electron chi connectivity index (χ4n) is 3.03. The van der Waals surface area contributed by atoms with E-state index in [1.54, 1.807) is 11.0 Å². The number of anilines is 1. The van der Waals surface area contributed by atoms with Gasteiger partial charge >= 0.3 is 0 Å². The molecule has 0 aliphatic carbocycles. The topological polar surface area (TPSA) is 54.9 Å². The predicted molar refractivity (Wildman–Crippen MR) is 114 cm³/mol. The number of benzene rings is 2. The molecule has 0 unspecified atom stereocenters. The number of carbonyl (C=O) groups excluding carboxylic acids is 1. The highest BCUT2D eigenvalue weighted by Crippen LogP contribution is 2.40. The monoisotopic (exact) mass is 437 g/mol. The van der Waals surface area contributed by atoms with Crippen LogP contribution in [0.25, 0.3) is 10.2 Å². The maximum absolute atomic E-state index is 13.6. The van der Waals surface area contributed by atoms with Crippen molar-refractivity contribution in [3.8, 4) is 11.5 Å². The van der Waals surface area contributed by atoms with Gasteiger partial charge in [0.1, 0.15) is 5.82 Å². The molecule has 1 aliphatic rings. The van der Waals surface area contributed by atoms with Gasteiger partial charge in [0.15, 0.2) is 16.6 Å². The van der Waals surface area contributed by atoms with Crippen LogP contribution in [0.15, 0.2) is 36.4 Å². The van der Waals surface area contributed by atoms with Crippen LogP contribution in [-0.2, 0) is 0 Å². The molecule has 9 heteroatoms. The number of hydrogen-bond donors (Lipinski definition) is 0. The van der Waals surface area contributed by atoms with Crippen molar-refractivity contribution in [2.24, 2.45) is 0 Å². The quantitative estimate of drug-likeness (QED) is 0.579. The first-order valence-corrected chi connectivity index (χ1v) is 9.75. The lowest BCUT2D eigenvalue weighted by Gasteiger charge is -2.21. The average Bonchev–Trinajstić information content (AvgIpc) is 3.28. The Balaban J connectivity index is 0.00000240. The molecule has 0 saturated carbocycles. The van der Waals surface area contributed by atoms with Gasteiger partial charge in [-0.2, -0.15) is 0 Å². The molecule has 0 N–H and O–H groups in total. The first kappa shape index (κ1) is 21.3. The molecular formula is C20H21ClFN3O3S. The number of nitrogens with zero attached hydrogens (tertiary/aromatic N) is 3. The standard InChI is InChI=1S/C20H20FN3O3S.ClH/c1-23(2)7-4-8-24(19(25)13-5-3-6-14(21)9-13)20-22-15-10-16-17(27-12-26-16)11-18(15)28-20;/h3,5-6,9-11H,4,7-8,12H2,1-2H3;1H. The second-order valence-electron chi connectivity index (χ2n) is 6.79. The Kier molecular flexibility index (Phi) is 6.56. The highest BCUT2D eigenvalue weighted by Gasteiger charge is 2.23. The summed E-state index contributed by atoms with van der Waals surface area (Å²) in [5.41, 5.74) is 1.05. The minimum atomic E-state index is -0.436. The van der Waals surface area contributed by atoms with E-state index < -0.39 is 5.82 Å². The van der Waals surface area contributed by atoms with E-state index in [2.05, 4.69) is 9.88 Å². The fourth-order valence-corrected chi connectivity index (χ4v) is 4.03. The molecule has 29 heavy (non-hydrogen) atoms. The summed E-state index contributed by atoms with van der Waals surface area (Å²) in [7, 11) is 3.97. The molecule has 2 heterocycles. The summed E-state index contributed by atoms with van der Waals surface area (Å²) in [6.45, 7) is 1.52. The van der Waals surface area contributed by atoms with Gasteiger partial charge in [-0.15, -0.1) is 12.4 Å². The van der Waals surface area contributed by atoms with E-state index in [1.165, 1.54) is 29.5 Å². The number of thiazole rings is 1. The predicted octanol–water partition coefficient (Wildman–Crippen LogP) is 4.18. The number of ether oxygens (including phenoxy) is 2. The number of carbonyl (C=O) groups is 1. The van der Waals surface area contributed by atoms with Crippen molar-refractivity contribution < 1.29 is 18.7 Å². The van der Waals surface area contributed by atoms with E-state index in [-0.39, 0.29) is 25.1 Å². The van der Waals surface area contributed by atoms with Crippen molar-refractivity contribution in [2.45, 2.75) is 6.42 Å². The van der Waals surface area contributed by atoms with Crippen LogP contribution in [-0.4, -0.2) is 49.8 Å². The van der Waals surface area contributed by atoms with E-state index >= 15 is 0 Å². The molecule has 1 aliphatic heterocycles. The van der Waals surface area contributed by atoms with Crippen LogP contribution in [0.3, 0.4) is 0 Å². The second kappa shape index (κ2) is 8.94. The molecule has 0 bridgehead atoms. The van der Waals surface area contributed by atoms with Gasteiger partial charge in [0.2, 0.25) is 6.79 Å². The van der Waals surface area contributed by atoms with Crippen molar-refractivity contribution in [3.05, 3.63) is 47.8 Å². The Morgan fingerprint density at radius 1 is 1.17 bits per heavy atom. The van der Waals surface area contributed by atoms with E-state index in [0.29, 0.717) is 28.7 Å². The maximum Gasteiger partial charge on any atom is 0.260 e. The normalized spacial score (nSPS) is 12.3. The number of aromatic nitrogens is 1. The van der Waals surface area contributed by atoms with Crippen molar-refractivity contribution in [1.82, 2.24) is 9.88 Å². The van der Waals surface area contributed by atoms with Crippen LogP contribution in [0, 0.1) is 5.82 Å². The Morgan fingerprint density at radius 3 is 2.66 bits per heavy atom. The van der Waals surface area contributed by atoms with Crippen LogP contribution in [0.5, 0.6) is 11.5 Å². The number of halogens is 2. The largest absolute Gasteiger partial charge is 0.454 e. The molecule has 154 valence electrons. The third-order valence-corrected chi connectivity index (χ3v) is 5.45. The molecule has 0 saturated heterocycles. The van der Waals surface area contributed by atoms with Gasteiger partial charge in [-0.1, -0.05) is 17.4 Å². The summed E-state index contributed by atoms with van der Waals surface area (Å²) in [5, 5.41) is 0.576. The average molecular weight is 438 g/mol. The SMILES string of the molecule is CN(C)CCCN(C(=O)c1cccc(F)c1)c1nc2cc3c(cc2s1)OCO3.Cl. The van der Waals surface area contributed by atoms with E-state index in [1.807, 2.05) is 26.2 Å². The van der Waals surface area contributed by atoms with Gasteiger partial charge in [-0.05, 0) is 45.3 Å². The third kappa shape index (κ3) is 4.60. The van der Waals surface area contributed by atoms with Crippen LogP contribution < -0.4 is 14.4 Å². The molecule has 6 nitrogen and oxygen atoms in total. The molecule has 2 aromatic carbocycles. The summed E-state index contributed by atoms with van der Waals surface area (Å²) < 4.78 is 25.4. The summed E-state index contributed by atoms with van der Waals surface area (Å²) >= 11 is 1.41. The molecule has 3 aromatic rings. The molecule has 0 atom stereocenters. The maximum atomic E-state index is 13.6.